The zero-order chi connectivity index (χ0) is 12.3. The lowest BCUT2D eigenvalue weighted by Gasteiger charge is -2.33. The average molecular weight is 234 g/mol. The summed E-state index contributed by atoms with van der Waals surface area (Å²) < 4.78 is 5.67. The van der Waals surface area contributed by atoms with Gasteiger partial charge in [0.2, 0.25) is 0 Å². The highest BCUT2D eigenvalue weighted by Crippen LogP contribution is 2.36. The van der Waals surface area contributed by atoms with E-state index in [1.807, 2.05) is 13.8 Å². The topological polar surface area (TPSA) is 26.3 Å². The Morgan fingerprint density at radius 1 is 1.53 bits per heavy atom. The van der Waals surface area contributed by atoms with Crippen LogP contribution in [0, 0.1) is 11.8 Å². The summed E-state index contributed by atoms with van der Waals surface area (Å²) in [7, 11) is 0. The minimum atomic E-state index is -0.0337. The fourth-order valence-corrected chi connectivity index (χ4v) is 2.62. The van der Waals surface area contributed by atoms with Crippen molar-refractivity contribution in [1.29, 1.82) is 0 Å². The Morgan fingerprint density at radius 3 is 3.12 bits per heavy atom. The second kappa shape index (κ2) is 5.52. The van der Waals surface area contributed by atoms with Crippen LogP contribution in [0.2, 0.25) is 0 Å². The van der Waals surface area contributed by atoms with Crippen LogP contribution in [0.4, 0.5) is 0 Å². The number of hydrogen-bond acceptors (Lipinski definition) is 2. The van der Waals surface area contributed by atoms with Gasteiger partial charge >= 0.3 is 5.97 Å². The number of carbonyl (C=O) groups excluding carboxylic acids is 1. The molecule has 17 heavy (non-hydrogen) atoms. The van der Waals surface area contributed by atoms with E-state index < -0.39 is 0 Å². The smallest absolute Gasteiger partial charge is 0.309 e. The highest BCUT2D eigenvalue weighted by Gasteiger charge is 2.30. The Morgan fingerprint density at radius 2 is 2.35 bits per heavy atom. The molecule has 0 aromatic heterocycles. The Balaban J connectivity index is 2.02. The van der Waals surface area contributed by atoms with Gasteiger partial charge in [0.15, 0.2) is 0 Å². The lowest BCUT2D eigenvalue weighted by molar-refractivity contribution is -0.153. The van der Waals surface area contributed by atoms with Crippen molar-refractivity contribution in [3.05, 3.63) is 23.8 Å². The standard InChI is InChI=1S/C15H22O2/c1-3-11(2)15(16)17-14-10-6-8-12-7-4-5-9-13(12)14/h4-5,9,11-12,14H,3,6-8,10H2,1-2H3. The van der Waals surface area contributed by atoms with E-state index in [1.165, 1.54) is 18.4 Å². The van der Waals surface area contributed by atoms with Crippen LogP contribution in [0.15, 0.2) is 23.8 Å². The van der Waals surface area contributed by atoms with Crippen molar-refractivity contribution < 1.29 is 9.53 Å². The van der Waals surface area contributed by atoms with Crippen molar-refractivity contribution in [2.24, 2.45) is 11.8 Å². The Hall–Kier alpha value is -1.05. The second-order valence-electron chi connectivity index (χ2n) is 5.19. The molecule has 2 rings (SSSR count). The summed E-state index contributed by atoms with van der Waals surface area (Å²) in [4.78, 5) is 11.8. The molecule has 0 aromatic carbocycles. The summed E-state index contributed by atoms with van der Waals surface area (Å²) in [6.07, 6.45) is 11.9. The van der Waals surface area contributed by atoms with Crippen LogP contribution in [0.1, 0.15) is 46.0 Å². The van der Waals surface area contributed by atoms with Gasteiger partial charge in [0.25, 0.3) is 0 Å². The molecule has 0 aromatic rings. The summed E-state index contributed by atoms with van der Waals surface area (Å²) in [5, 5.41) is 0. The van der Waals surface area contributed by atoms with Crippen LogP contribution in [-0.4, -0.2) is 12.1 Å². The molecule has 3 atom stereocenters. The van der Waals surface area contributed by atoms with E-state index in [-0.39, 0.29) is 18.0 Å². The van der Waals surface area contributed by atoms with Crippen LogP contribution in [0.3, 0.4) is 0 Å². The predicted octanol–water partition coefficient (Wildman–Crippen LogP) is 3.63. The van der Waals surface area contributed by atoms with E-state index in [4.69, 9.17) is 4.74 Å². The Kier molecular flexibility index (Phi) is 4.03. The number of carbonyl (C=O) groups is 1. The molecule has 0 N–H and O–H groups in total. The SMILES string of the molecule is CCC(C)C(=O)OC1CCCC2CC=CC=C21. The number of hydrogen-bond donors (Lipinski definition) is 0. The van der Waals surface area contributed by atoms with Gasteiger partial charge in [0.05, 0.1) is 5.92 Å². The number of fused-ring (bicyclic) bond motifs is 1. The molecule has 0 heterocycles. The van der Waals surface area contributed by atoms with E-state index in [9.17, 15) is 4.79 Å². The summed E-state index contributed by atoms with van der Waals surface area (Å²) >= 11 is 0. The molecule has 2 heteroatoms. The Labute approximate surface area is 104 Å². The normalized spacial score (nSPS) is 29.2. The van der Waals surface area contributed by atoms with E-state index in [1.54, 1.807) is 0 Å². The molecule has 1 fully saturated rings. The molecule has 0 amide bonds. The van der Waals surface area contributed by atoms with Gasteiger partial charge in [-0.1, -0.05) is 32.1 Å². The minimum absolute atomic E-state index is 0.0232. The average Bonchev–Trinajstić information content (AvgIpc) is 2.38. The molecule has 0 radical (unpaired) electrons. The van der Waals surface area contributed by atoms with Crippen LogP contribution in [0.25, 0.3) is 0 Å². The molecule has 0 aliphatic heterocycles. The van der Waals surface area contributed by atoms with Crippen LogP contribution < -0.4 is 0 Å². The van der Waals surface area contributed by atoms with Gasteiger partial charge in [-0.2, -0.15) is 0 Å². The summed E-state index contributed by atoms with van der Waals surface area (Å²) in [6, 6.07) is 0. The second-order valence-corrected chi connectivity index (χ2v) is 5.19. The molecular formula is C15H22O2. The van der Waals surface area contributed by atoms with Gasteiger partial charge in [-0.25, -0.2) is 0 Å². The monoisotopic (exact) mass is 234 g/mol. The number of esters is 1. The first kappa shape index (κ1) is 12.4. The molecule has 1 saturated carbocycles. The summed E-state index contributed by atoms with van der Waals surface area (Å²) in [5.74, 6) is 0.604. The summed E-state index contributed by atoms with van der Waals surface area (Å²) in [5.41, 5.74) is 1.34. The van der Waals surface area contributed by atoms with Crippen molar-refractivity contribution in [3.63, 3.8) is 0 Å². The minimum Gasteiger partial charge on any atom is -0.458 e. The predicted molar refractivity (Wildman–Crippen MR) is 68.5 cm³/mol. The first-order valence-corrected chi connectivity index (χ1v) is 6.79. The quantitative estimate of drug-likeness (QED) is 0.697. The number of rotatable bonds is 3. The fraction of sp³-hybridized carbons (Fsp3) is 0.667. The van der Waals surface area contributed by atoms with E-state index >= 15 is 0 Å². The largest absolute Gasteiger partial charge is 0.458 e. The van der Waals surface area contributed by atoms with Crippen LogP contribution >= 0.6 is 0 Å². The third-order valence-electron chi connectivity index (χ3n) is 3.98. The van der Waals surface area contributed by atoms with Crippen LogP contribution in [-0.2, 0) is 9.53 Å². The third-order valence-corrected chi connectivity index (χ3v) is 3.98. The number of allylic oxidation sites excluding steroid dienone is 3. The molecule has 94 valence electrons. The summed E-state index contributed by atoms with van der Waals surface area (Å²) in [6.45, 7) is 3.97. The van der Waals surface area contributed by atoms with Gasteiger partial charge < -0.3 is 4.74 Å². The molecule has 2 aliphatic rings. The molecular weight excluding hydrogens is 212 g/mol. The maximum Gasteiger partial charge on any atom is 0.309 e. The van der Waals surface area contributed by atoms with E-state index in [0.717, 1.165) is 19.3 Å². The molecule has 0 spiro atoms. The third kappa shape index (κ3) is 2.80. The molecule has 0 saturated heterocycles. The highest BCUT2D eigenvalue weighted by atomic mass is 16.5. The first-order valence-electron chi connectivity index (χ1n) is 6.79. The van der Waals surface area contributed by atoms with E-state index in [0.29, 0.717) is 5.92 Å². The van der Waals surface area contributed by atoms with Gasteiger partial charge in [0, 0.05) is 0 Å². The van der Waals surface area contributed by atoms with Crippen molar-refractivity contribution in [2.45, 2.75) is 52.1 Å². The Bertz CT molecular complexity index is 341. The van der Waals surface area contributed by atoms with Crippen molar-refractivity contribution in [2.75, 3.05) is 0 Å². The lowest BCUT2D eigenvalue weighted by Crippen LogP contribution is -2.31. The zero-order valence-corrected chi connectivity index (χ0v) is 10.8. The van der Waals surface area contributed by atoms with Gasteiger partial charge in [-0.3, -0.25) is 4.79 Å². The van der Waals surface area contributed by atoms with Crippen molar-refractivity contribution in [1.82, 2.24) is 0 Å². The molecule has 2 aliphatic carbocycles. The lowest BCUT2D eigenvalue weighted by atomic mass is 9.78. The van der Waals surface area contributed by atoms with Crippen molar-refractivity contribution in [3.8, 4) is 0 Å². The van der Waals surface area contributed by atoms with Gasteiger partial charge in [-0.05, 0) is 43.6 Å². The van der Waals surface area contributed by atoms with Gasteiger partial charge in [-0.15, -0.1) is 0 Å². The van der Waals surface area contributed by atoms with E-state index in [2.05, 4.69) is 18.2 Å². The van der Waals surface area contributed by atoms with Gasteiger partial charge in [0.1, 0.15) is 6.10 Å². The maximum absolute atomic E-state index is 11.8. The fourth-order valence-electron chi connectivity index (χ4n) is 2.62. The highest BCUT2D eigenvalue weighted by molar-refractivity contribution is 5.72. The van der Waals surface area contributed by atoms with Crippen LogP contribution in [0.5, 0.6) is 0 Å². The maximum atomic E-state index is 11.8. The molecule has 2 nitrogen and oxygen atoms in total. The molecule has 0 bridgehead atoms. The van der Waals surface area contributed by atoms with Crippen molar-refractivity contribution >= 4 is 5.97 Å². The zero-order valence-electron chi connectivity index (χ0n) is 10.8. The molecule has 3 unspecified atom stereocenters. The first-order chi connectivity index (χ1) is 8.22. The number of ether oxygens (including phenoxy) is 1.